The lowest BCUT2D eigenvalue weighted by atomic mass is 9.86. The van der Waals surface area contributed by atoms with Gasteiger partial charge in [0.2, 0.25) is 0 Å². The molecule has 2 fully saturated rings. The Hall–Kier alpha value is -2.67. The third kappa shape index (κ3) is 4.19. The molecule has 29 heavy (non-hydrogen) atoms. The van der Waals surface area contributed by atoms with Crippen molar-refractivity contribution in [2.75, 3.05) is 32.7 Å². The van der Waals surface area contributed by atoms with Crippen LogP contribution < -0.4 is 4.74 Å². The highest BCUT2D eigenvalue weighted by atomic mass is 16.5. The van der Waals surface area contributed by atoms with Crippen molar-refractivity contribution in [3.8, 4) is 5.75 Å². The number of amides is 1. The van der Waals surface area contributed by atoms with Gasteiger partial charge in [0.1, 0.15) is 12.4 Å². The van der Waals surface area contributed by atoms with Gasteiger partial charge in [-0.05, 0) is 51.1 Å². The Morgan fingerprint density at radius 3 is 2.79 bits per heavy atom. The molecule has 1 spiro atoms. The summed E-state index contributed by atoms with van der Waals surface area (Å²) in [6.07, 6.45) is 2.24. The van der Waals surface area contributed by atoms with Crippen molar-refractivity contribution in [1.82, 2.24) is 20.0 Å². The molecular formula is C22H28N4O3. The van der Waals surface area contributed by atoms with Crippen molar-refractivity contribution in [3.63, 3.8) is 0 Å². The summed E-state index contributed by atoms with van der Waals surface area (Å²) in [5.74, 6) is 0.596. The smallest absolute Gasteiger partial charge is 0.274 e. The number of ether oxygens (including phenoxy) is 1. The van der Waals surface area contributed by atoms with Gasteiger partial charge in [0.05, 0.1) is 5.69 Å². The molecule has 1 N–H and O–H groups in total. The molecule has 0 saturated carbocycles. The van der Waals surface area contributed by atoms with E-state index >= 15 is 0 Å². The Balaban J connectivity index is 1.35. The van der Waals surface area contributed by atoms with Crippen LogP contribution in [-0.2, 0) is 6.61 Å². The van der Waals surface area contributed by atoms with Gasteiger partial charge >= 0.3 is 0 Å². The largest absolute Gasteiger partial charge is 0.487 e. The predicted octanol–water partition coefficient (Wildman–Crippen LogP) is 2.75. The zero-order valence-corrected chi connectivity index (χ0v) is 17.1. The molecule has 0 aliphatic carbocycles. The van der Waals surface area contributed by atoms with Crippen LogP contribution in [0.5, 0.6) is 5.75 Å². The van der Waals surface area contributed by atoms with Crippen molar-refractivity contribution in [3.05, 3.63) is 47.3 Å². The summed E-state index contributed by atoms with van der Waals surface area (Å²) in [7, 11) is 0. The van der Waals surface area contributed by atoms with Crippen molar-refractivity contribution in [1.29, 1.82) is 0 Å². The number of likely N-dealkylation sites (tertiary alicyclic amines) is 2. The molecule has 1 atom stereocenters. The highest BCUT2D eigenvalue weighted by Crippen LogP contribution is 2.39. The average molecular weight is 396 g/mol. The second-order valence-electron chi connectivity index (χ2n) is 8.25. The lowest BCUT2D eigenvalue weighted by Crippen LogP contribution is -2.34. The van der Waals surface area contributed by atoms with E-state index in [9.17, 15) is 9.59 Å². The van der Waals surface area contributed by atoms with E-state index in [4.69, 9.17) is 4.74 Å². The minimum Gasteiger partial charge on any atom is -0.487 e. The van der Waals surface area contributed by atoms with E-state index in [1.165, 1.54) is 13.3 Å². The Bertz CT molecular complexity index is 909. The van der Waals surface area contributed by atoms with E-state index < -0.39 is 0 Å². The maximum Gasteiger partial charge on any atom is 0.274 e. The van der Waals surface area contributed by atoms with E-state index in [0.29, 0.717) is 17.0 Å². The highest BCUT2D eigenvalue weighted by Gasteiger charge is 2.44. The summed E-state index contributed by atoms with van der Waals surface area (Å²) in [4.78, 5) is 28.8. The Morgan fingerprint density at radius 2 is 2.03 bits per heavy atom. The minimum absolute atomic E-state index is 0.00224. The molecule has 7 heteroatoms. The van der Waals surface area contributed by atoms with Gasteiger partial charge in [-0.2, -0.15) is 5.10 Å². The van der Waals surface area contributed by atoms with Crippen molar-refractivity contribution in [2.45, 2.75) is 33.3 Å². The molecule has 1 amide bonds. The standard InChI is InChI=1S/C22H28N4O3/c1-3-25-9-7-22(14-25)8-10-26(15-22)21(28)20-12-18(23-24-20)13-29-19-6-4-5-17(11-19)16(2)27/h4-6,11-12H,3,7-10,13-15H2,1-2H3,(H,23,24). The Kier molecular flexibility index (Phi) is 5.41. The normalized spacial score (nSPS) is 21.8. The first kappa shape index (κ1) is 19.6. The molecule has 1 aromatic carbocycles. The zero-order valence-electron chi connectivity index (χ0n) is 17.1. The average Bonchev–Trinajstić information content (AvgIpc) is 3.47. The van der Waals surface area contributed by atoms with Crippen molar-refractivity contribution in [2.24, 2.45) is 5.41 Å². The van der Waals surface area contributed by atoms with Crippen LogP contribution in [0.2, 0.25) is 0 Å². The number of aromatic amines is 1. The van der Waals surface area contributed by atoms with Crippen LogP contribution in [-0.4, -0.2) is 64.4 Å². The number of carbonyl (C=O) groups excluding carboxylic acids is 2. The fraction of sp³-hybridized carbons (Fsp3) is 0.500. The van der Waals surface area contributed by atoms with E-state index in [0.717, 1.165) is 44.8 Å². The minimum atomic E-state index is -0.0158. The molecule has 2 aliphatic heterocycles. The number of hydrogen-bond acceptors (Lipinski definition) is 5. The topological polar surface area (TPSA) is 78.5 Å². The molecule has 154 valence electrons. The summed E-state index contributed by atoms with van der Waals surface area (Å²) >= 11 is 0. The van der Waals surface area contributed by atoms with Gasteiger partial charge in [0.15, 0.2) is 11.5 Å². The van der Waals surface area contributed by atoms with Gasteiger partial charge in [-0.3, -0.25) is 14.7 Å². The maximum atomic E-state index is 12.9. The Morgan fingerprint density at radius 1 is 1.21 bits per heavy atom. The molecule has 7 nitrogen and oxygen atoms in total. The number of hydrogen-bond donors (Lipinski definition) is 1. The SMILES string of the molecule is CCN1CCC2(CCN(C(=O)c3cc(COc4cccc(C(C)=O)c4)[nH]n3)C2)C1. The first-order chi connectivity index (χ1) is 14.0. The summed E-state index contributed by atoms with van der Waals surface area (Å²) in [5.41, 5.74) is 2.03. The molecule has 0 bridgehead atoms. The molecule has 2 saturated heterocycles. The molecule has 1 aromatic heterocycles. The van der Waals surface area contributed by atoms with E-state index in [1.807, 2.05) is 4.90 Å². The zero-order chi connectivity index (χ0) is 20.4. The number of ketones is 1. The lowest BCUT2D eigenvalue weighted by Gasteiger charge is -2.24. The number of rotatable bonds is 6. The number of Topliss-reactive ketones (excluding diaryl/α,β-unsaturated/α-hetero) is 1. The third-order valence-corrected chi connectivity index (χ3v) is 6.18. The monoisotopic (exact) mass is 396 g/mol. The third-order valence-electron chi connectivity index (χ3n) is 6.18. The quantitative estimate of drug-likeness (QED) is 0.760. The highest BCUT2D eigenvalue weighted by molar-refractivity contribution is 5.94. The summed E-state index contributed by atoms with van der Waals surface area (Å²) in [5, 5.41) is 7.10. The molecule has 3 heterocycles. The van der Waals surface area contributed by atoms with Crippen LogP contribution in [0, 0.1) is 5.41 Å². The molecule has 4 rings (SSSR count). The van der Waals surface area contributed by atoms with E-state index in [-0.39, 0.29) is 23.7 Å². The van der Waals surface area contributed by atoms with Crippen LogP contribution in [0.1, 0.15) is 53.2 Å². The number of carbonyl (C=O) groups is 2. The number of H-pyrrole nitrogens is 1. The van der Waals surface area contributed by atoms with Crippen molar-refractivity contribution < 1.29 is 14.3 Å². The van der Waals surface area contributed by atoms with Gasteiger partial charge in [-0.15, -0.1) is 0 Å². The number of aromatic nitrogens is 2. The van der Waals surface area contributed by atoms with Crippen LogP contribution in [0.4, 0.5) is 0 Å². The molecule has 1 unspecified atom stereocenters. The van der Waals surface area contributed by atoms with Crippen LogP contribution in [0.15, 0.2) is 30.3 Å². The van der Waals surface area contributed by atoms with Gasteiger partial charge in [-0.25, -0.2) is 0 Å². The molecule has 0 radical (unpaired) electrons. The van der Waals surface area contributed by atoms with Gasteiger partial charge < -0.3 is 14.5 Å². The molecular weight excluding hydrogens is 368 g/mol. The van der Waals surface area contributed by atoms with E-state index in [1.54, 1.807) is 30.3 Å². The first-order valence-electron chi connectivity index (χ1n) is 10.3. The van der Waals surface area contributed by atoms with E-state index in [2.05, 4.69) is 22.0 Å². The fourth-order valence-electron chi connectivity index (χ4n) is 4.41. The number of nitrogens with zero attached hydrogens (tertiary/aromatic N) is 3. The first-order valence-corrected chi connectivity index (χ1v) is 10.3. The number of benzene rings is 1. The second-order valence-corrected chi connectivity index (χ2v) is 8.25. The summed E-state index contributed by atoms with van der Waals surface area (Å²) in [6, 6.07) is 8.83. The van der Waals surface area contributed by atoms with Gasteiger partial charge in [0, 0.05) is 30.6 Å². The summed E-state index contributed by atoms with van der Waals surface area (Å²) in [6.45, 7) is 8.90. The number of nitrogens with one attached hydrogen (secondary N) is 1. The van der Waals surface area contributed by atoms with Crippen LogP contribution in [0.3, 0.4) is 0 Å². The summed E-state index contributed by atoms with van der Waals surface area (Å²) < 4.78 is 5.75. The Labute approximate surface area is 171 Å². The maximum absolute atomic E-state index is 12.9. The van der Waals surface area contributed by atoms with Crippen molar-refractivity contribution >= 4 is 11.7 Å². The fourth-order valence-corrected chi connectivity index (χ4v) is 4.41. The van der Waals surface area contributed by atoms with Crippen LogP contribution >= 0.6 is 0 Å². The van der Waals surface area contributed by atoms with Gasteiger partial charge in [-0.1, -0.05) is 19.1 Å². The second kappa shape index (κ2) is 7.99. The lowest BCUT2D eigenvalue weighted by molar-refractivity contribution is 0.0767. The van der Waals surface area contributed by atoms with Gasteiger partial charge in [0.25, 0.3) is 5.91 Å². The van der Waals surface area contributed by atoms with Crippen LogP contribution in [0.25, 0.3) is 0 Å². The predicted molar refractivity (Wildman–Crippen MR) is 109 cm³/mol. The molecule has 2 aliphatic rings. The molecule has 2 aromatic rings.